The van der Waals surface area contributed by atoms with E-state index in [1.165, 1.54) is 12.4 Å². The van der Waals surface area contributed by atoms with Crippen molar-refractivity contribution in [2.45, 2.75) is 11.8 Å². The molecule has 1 N–H and O–H groups in total. The Labute approximate surface area is 108 Å². The van der Waals surface area contributed by atoms with Crippen molar-refractivity contribution in [1.29, 1.82) is 0 Å². The van der Waals surface area contributed by atoms with Gasteiger partial charge in [0.05, 0.1) is 12.8 Å². The van der Waals surface area contributed by atoms with E-state index < -0.39 is 10.0 Å². The first-order valence-corrected chi connectivity index (χ1v) is 7.17. The smallest absolute Gasteiger partial charge is 0.245 e. The van der Waals surface area contributed by atoms with Crippen LogP contribution >= 0.6 is 0 Å². The molecule has 1 aromatic rings. The number of pyridine rings is 1. The third kappa shape index (κ3) is 4.25. The lowest BCUT2D eigenvalue weighted by molar-refractivity contribution is 0.330. The van der Waals surface area contributed by atoms with Crippen LogP contribution in [0.4, 0.5) is 0 Å². The van der Waals surface area contributed by atoms with Crippen molar-refractivity contribution in [3.8, 4) is 5.75 Å². The quantitative estimate of drug-likeness (QED) is 0.774. The zero-order chi connectivity index (χ0) is 13.6. The van der Waals surface area contributed by atoms with Crippen LogP contribution in [0.25, 0.3) is 0 Å². The van der Waals surface area contributed by atoms with Crippen molar-refractivity contribution in [2.24, 2.45) is 0 Å². The minimum absolute atomic E-state index is 0.0746. The van der Waals surface area contributed by atoms with Crippen LogP contribution in [-0.4, -0.2) is 52.1 Å². The highest BCUT2D eigenvalue weighted by Crippen LogP contribution is 2.21. The minimum atomic E-state index is -3.57. The summed E-state index contributed by atoms with van der Waals surface area (Å²) < 4.78 is 31.9. The fourth-order valence-corrected chi connectivity index (χ4v) is 2.43. The summed E-state index contributed by atoms with van der Waals surface area (Å²) >= 11 is 0. The van der Waals surface area contributed by atoms with E-state index in [1.807, 2.05) is 19.0 Å². The molecule has 0 aliphatic heterocycles. The number of nitrogens with one attached hydrogen (secondary N) is 1. The summed E-state index contributed by atoms with van der Waals surface area (Å²) in [6, 6.07) is 1.55. The average molecular weight is 273 g/mol. The Bertz CT molecular complexity index is 474. The molecular formula is C11H19N3O3S. The summed E-state index contributed by atoms with van der Waals surface area (Å²) in [6.07, 6.45) is 2.80. The predicted molar refractivity (Wildman–Crippen MR) is 69.1 cm³/mol. The summed E-state index contributed by atoms with van der Waals surface area (Å²) in [4.78, 5) is 5.80. The van der Waals surface area contributed by atoms with Gasteiger partial charge in [0.2, 0.25) is 10.0 Å². The van der Waals surface area contributed by atoms with Crippen molar-refractivity contribution in [1.82, 2.24) is 14.6 Å². The van der Waals surface area contributed by atoms with Crippen LogP contribution in [0.5, 0.6) is 5.75 Å². The number of hydrogen-bond acceptors (Lipinski definition) is 5. The van der Waals surface area contributed by atoms with E-state index in [9.17, 15) is 8.42 Å². The van der Waals surface area contributed by atoms with Crippen molar-refractivity contribution in [3.05, 3.63) is 18.5 Å². The van der Waals surface area contributed by atoms with Gasteiger partial charge in [0.1, 0.15) is 10.6 Å². The van der Waals surface area contributed by atoms with E-state index in [-0.39, 0.29) is 4.90 Å². The highest BCUT2D eigenvalue weighted by Gasteiger charge is 2.19. The third-order valence-electron chi connectivity index (χ3n) is 2.19. The lowest BCUT2D eigenvalue weighted by Crippen LogP contribution is -2.31. The third-order valence-corrected chi connectivity index (χ3v) is 3.66. The van der Waals surface area contributed by atoms with Crippen LogP contribution in [0.1, 0.15) is 6.92 Å². The van der Waals surface area contributed by atoms with E-state index in [0.29, 0.717) is 25.4 Å². The molecule has 0 radical (unpaired) electrons. The van der Waals surface area contributed by atoms with Gasteiger partial charge in [-0.05, 0) is 27.1 Å². The Balaban J connectivity index is 2.84. The first-order chi connectivity index (χ1) is 8.47. The summed E-state index contributed by atoms with van der Waals surface area (Å²) in [6.45, 7) is 3.18. The van der Waals surface area contributed by atoms with Gasteiger partial charge in [-0.2, -0.15) is 0 Å². The minimum Gasteiger partial charge on any atom is -0.492 e. The molecule has 0 bridgehead atoms. The van der Waals surface area contributed by atoms with Gasteiger partial charge in [-0.3, -0.25) is 4.98 Å². The summed E-state index contributed by atoms with van der Waals surface area (Å²) in [5, 5.41) is 0. The van der Waals surface area contributed by atoms with Crippen LogP contribution < -0.4 is 9.46 Å². The van der Waals surface area contributed by atoms with Crippen molar-refractivity contribution >= 4 is 10.0 Å². The topological polar surface area (TPSA) is 71.5 Å². The van der Waals surface area contributed by atoms with Crippen molar-refractivity contribution in [2.75, 3.05) is 33.8 Å². The van der Waals surface area contributed by atoms with Crippen LogP contribution in [-0.2, 0) is 10.0 Å². The zero-order valence-electron chi connectivity index (χ0n) is 10.9. The molecule has 0 aromatic carbocycles. The van der Waals surface area contributed by atoms with E-state index >= 15 is 0 Å². The Hall–Kier alpha value is -1.18. The molecule has 6 nitrogen and oxygen atoms in total. The molecule has 102 valence electrons. The molecule has 0 spiro atoms. The number of sulfonamides is 1. The molecule has 1 aromatic heterocycles. The van der Waals surface area contributed by atoms with E-state index in [1.54, 1.807) is 13.0 Å². The first-order valence-electron chi connectivity index (χ1n) is 5.68. The predicted octanol–water partition coefficient (Wildman–Crippen LogP) is 0.320. The van der Waals surface area contributed by atoms with Gasteiger partial charge in [0.15, 0.2) is 0 Å². The number of ether oxygens (including phenoxy) is 1. The second-order valence-electron chi connectivity index (χ2n) is 3.96. The van der Waals surface area contributed by atoms with Crippen LogP contribution in [0.3, 0.4) is 0 Å². The Morgan fingerprint density at radius 1 is 1.44 bits per heavy atom. The maximum absolute atomic E-state index is 12.1. The molecule has 0 fully saturated rings. The monoisotopic (exact) mass is 273 g/mol. The molecule has 0 unspecified atom stereocenters. The van der Waals surface area contributed by atoms with Crippen molar-refractivity contribution < 1.29 is 13.2 Å². The Kier molecular flexibility index (Phi) is 5.52. The average Bonchev–Trinajstić information content (AvgIpc) is 2.29. The van der Waals surface area contributed by atoms with E-state index in [0.717, 1.165) is 0 Å². The van der Waals surface area contributed by atoms with Crippen LogP contribution in [0.2, 0.25) is 0 Å². The molecule has 0 saturated heterocycles. The Morgan fingerprint density at radius 3 is 2.78 bits per heavy atom. The SMILES string of the molecule is CCOc1ccncc1S(=O)(=O)NCCN(C)C. The molecule has 0 aliphatic carbocycles. The number of aromatic nitrogens is 1. The molecule has 1 rings (SSSR count). The molecule has 0 amide bonds. The molecule has 18 heavy (non-hydrogen) atoms. The molecule has 1 heterocycles. The fourth-order valence-electron chi connectivity index (χ4n) is 1.33. The largest absolute Gasteiger partial charge is 0.492 e. The summed E-state index contributed by atoms with van der Waals surface area (Å²) in [5.74, 6) is 0.324. The molecular weight excluding hydrogens is 254 g/mol. The van der Waals surface area contributed by atoms with Gasteiger partial charge in [-0.25, -0.2) is 13.1 Å². The van der Waals surface area contributed by atoms with E-state index in [4.69, 9.17) is 4.74 Å². The van der Waals surface area contributed by atoms with Crippen LogP contribution in [0, 0.1) is 0 Å². The second-order valence-corrected chi connectivity index (χ2v) is 5.69. The number of nitrogens with zero attached hydrogens (tertiary/aromatic N) is 2. The second kappa shape index (κ2) is 6.67. The van der Waals surface area contributed by atoms with Crippen LogP contribution in [0.15, 0.2) is 23.4 Å². The van der Waals surface area contributed by atoms with Gasteiger partial charge in [-0.1, -0.05) is 0 Å². The van der Waals surface area contributed by atoms with Gasteiger partial charge in [-0.15, -0.1) is 0 Å². The molecule has 0 atom stereocenters. The first kappa shape index (κ1) is 14.9. The summed E-state index contributed by atoms with van der Waals surface area (Å²) in [7, 11) is 0.185. The standard InChI is InChI=1S/C11H19N3O3S/c1-4-17-10-5-6-12-9-11(10)18(15,16)13-7-8-14(2)3/h5-6,9,13H,4,7-8H2,1-3H3. The summed E-state index contributed by atoms with van der Waals surface area (Å²) in [5.41, 5.74) is 0. The highest BCUT2D eigenvalue weighted by molar-refractivity contribution is 7.89. The zero-order valence-corrected chi connectivity index (χ0v) is 11.7. The van der Waals surface area contributed by atoms with Gasteiger partial charge < -0.3 is 9.64 Å². The van der Waals surface area contributed by atoms with Crippen molar-refractivity contribution in [3.63, 3.8) is 0 Å². The van der Waals surface area contributed by atoms with Gasteiger partial charge >= 0.3 is 0 Å². The lowest BCUT2D eigenvalue weighted by Gasteiger charge is -2.13. The van der Waals surface area contributed by atoms with Gasteiger partial charge in [0.25, 0.3) is 0 Å². The number of hydrogen-bond donors (Lipinski definition) is 1. The lowest BCUT2D eigenvalue weighted by atomic mass is 10.4. The molecule has 0 aliphatic rings. The fraction of sp³-hybridized carbons (Fsp3) is 0.545. The maximum atomic E-state index is 12.1. The number of rotatable bonds is 7. The Morgan fingerprint density at radius 2 is 2.17 bits per heavy atom. The van der Waals surface area contributed by atoms with Gasteiger partial charge in [0, 0.05) is 19.3 Å². The maximum Gasteiger partial charge on any atom is 0.245 e. The molecule has 0 saturated carbocycles. The number of likely N-dealkylation sites (N-methyl/N-ethyl adjacent to an activating group) is 1. The highest BCUT2D eigenvalue weighted by atomic mass is 32.2. The van der Waals surface area contributed by atoms with E-state index in [2.05, 4.69) is 9.71 Å². The molecule has 7 heteroatoms. The normalized spacial score (nSPS) is 11.8.